The van der Waals surface area contributed by atoms with E-state index in [1.807, 2.05) is 0 Å². The van der Waals surface area contributed by atoms with E-state index in [1.165, 1.54) is 0 Å². The fraction of sp³-hybridized carbons (Fsp3) is 0.875. The van der Waals surface area contributed by atoms with Gasteiger partial charge in [0.2, 0.25) is 0 Å². The van der Waals surface area contributed by atoms with Gasteiger partial charge in [-0.15, -0.1) is 11.6 Å². The summed E-state index contributed by atoms with van der Waals surface area (Å²) in [6.45, 7) is 7.37. The lowest BCUT2D eigenvalue weighted by Gasteiger charge is -2.18. The zero-order chi connectivity index (χ0) is 9.61. The monoisotopic (exact) mass is 192 g/mol. The van der Waals surface area contributed by atoms with Crippen molar-refractivity contribution in [2.45, 2.75) is 20.8 Å². The van der Waals surface area contributed by atoms with Crippen LogP contribution < -0.4 is 10.6 Å². The van der Waals surface area contributed by atoms with Gasteiger partial charge >= 0.3 is 6.03 Å². The van der Waals surface area contributed by atoms with Gasteiger partial charge in [0.1, 0.15) is 0 Å². The van der Waals surface area contributed by atoms with Gasteiger partial charge in [0.05, 0.1) is 0 Å². The van der Waals surface area contributed by atoms with Crippen LogP contribution >= 0.6 is 11.6 Å². The third kappa shape index (κ3) is 7.66. The first kappa shape index (κ1) is 11.6. The van der Waals surface area contributed by atoms with Crippen molar-refractivity contribution in [2.24, 2.45) is 5.41 Å². The highest BCUT2D eigenvalue weighted by molar-refractivity contribution is 6.18. The van der Waals surface area contributed by atoms with E-state index in [2.05, 4.69) is 31.4 Å². The van der Waals surface area contributed by atoms with Gasteiger partial charge in [-0.3, -0.25) is 0 Å². The van der Waals surface area contributed by atoms with E-state index in [4.69, 9.17) is 11.6 Å². The Balaban J connectivity index is 3.44. The minimum atomic E-state index is -0.148. The predicted octanol–water partition coefficient (Wildman–Crippen LogP) is 1.57. The van der Waals surface area contributed by atoms with Crippen LogP contribution in [0.1, 0.15) is 20.8 Å². The number of rotatable bonds is 3. The van der Waals surface area contributed by atoms with Crippen LogP contribution in [-0.2, 0) is 0 Å². The predicted molar refractivity (Wildman–Crippen MR) is 51.6 cm³/mol. The van der Waals surface area contributed by atoms with Crippen molar-refractivity contribution in [3.8, 4) is 0 Å². The van der Waals surface area contributed by atoms with Crippen LogP contribution in [0.5, 0.6) is 0 Å². The number of hydrogen-bond donors (Lipinski definition) is 2. The Morgan fingerprint density at radius 1 is 1.33 bits per heavy atom. The van der Waals surface area contributed by atoms with Crippen molar-refractivity contribution >= 4 is 17.6 Å². The number of hydrogen-bond acceptors (Lipinski definition) is 1. The summed E-state index contributed by atoms with van der Waals surface area (Å²) in [5.41, 5.74) is 0.123. The van der Waals surface area contributed by atoms with Crippen molar-refractivity contribution < 1.29 is 4.79 Å². The van der Waals surface area contributed by atoms with Gasteiger partial charge in [0.25, 0.3) is 0 Å². The van der Waals surface area contributed by atoms with Crippen LogP contribution in [0.4, 0.5) is 4.79 Å². The average Bonchev–Trinajstić information content (AvgIpc) is 1.95. The molecule has 2 N–H and O–H groups in total. The van der Waals surface area contributed by atoms with E-state index >= 15 is 0 Å². The van der Waals surface area contributed by atoms with Gasteiger partial charge in [0, 0.05) is 19.0 Å². The topological polar surface area (TPSA) is 41.1 Å². The number of halogens is 1. The summed E-state index contributed by atoms with van der Waals surface area (Å²) < 4.78 is 0. The van der Waals surface area contributed by atoms with E-state index in [-0.39, 0.29) is 11.4 Å². The van der Waals surface area contributed by atoms with Gasteiger partial charge < -0.3 is 10.6 Å². The van der Waals surface area contributed by atoms with Crippen LogP contribution in [0.25, 0.3) is 0 Å². The van der Waals surface area contributed by atoms with Crippen molar-refractivity contribution in [1.82, 2.24) is 10.6 Å². The van der Waals surface area contributed by atoms with E-state index in [1.54, 1.807) is 0 Å². The second kappa shape index (κ2) is 5.25. The molecule has 0 spiro atoms. The molecule has 0 aromatic heterocycles. The molecular formula is C8H17ClN2O. The molecule has 0 bridgehead atoms. The highest BCUT2D eigenvalue weighted by atomic mass is 35.5. The van der Waals surface area contributed by atoms with E-state index in [0.29, 0.717) is 19.0 Å². The largest absolute Gasteiger partial charge is 0.338 e. The summed E-state index contributed by atoms with van der Waals surface area (Å²) in [6.07, 6.45) is 0. The highest BCUT2D eigenvalue weighted by Crippen LogP contribution is 2.09. The quantitative estimate of drug-likeness (QED) is 0.655. The lowest BCUT2D eigenvalue weighted by atomic mass is 9.97. The SMILES string of the molecule is CC(C)(C)CNC(=O)NCCCl. The molecule has 0 aliphatic heterocycles. The molecule has 0 atom stereocenters. The van der Waals surface area contributed by atoms with E-state index < -0.39 is 0 Å². The lowest BCUT2D eigenvalue weighted by molar-refractivity contribution is 0.236. The molecule has 4 heteroatoms. The van der Waals surface area contributed by atoms with Crippen LogP contribution in [0, 0.1) is 5.41 Å². The molecular weight excluding hydrogens is 176 g/mol. The Morgan fingerprint density at radius 3 is 2.33 bits per heavy atom. The maximum atomic E-state index is 11.0. The number of carbonyl (C=O) groups is 1. The fourth-order valence-corrected chi connectivity index (χ4v) is 0.663. The standard InChI is InChI=1S/C8H17ClN2O/c1-8(2,3)6-11-7(12)10-5-4-9/h4-6H2,1-3H3,(H2,10,11,12). The Morgan fingerprint density at radius 2 is 1.92 bits per heavy atom. The summed E-state index contributed by atoms with van der Waals surface area (Å²) in [7, 11) is 0. The molecule has 2 amide bonds. The van der Waals surface area contributed by atoms with Crippen LogP contribution in [0.2, 0.25) is 0 Å². The zero-order valence-electron chi connectivity index (χ0n) is 7.91. The van der Waals surface area contributed by atoms with Crippen molar-refractivity contribution in [2.75, 3.05) is 19.0 Å². The summed E-state index contributed by atoms with van der Waals surface area (Å²) in [4.78, 5) is 11.0. The second-order valence-corrected chi connectivity index (χ2v) is 4.24. The molecule has 3 nitrogen and oxygen atoms in total. The molecule has 0 aromatic carbocycles. The third-order valence-corrected chi connectivity index (χ3v) is 1.35. The number of amides is 2. The Hall–Kier alpha value is -0.440. The fourth-order valence-electron chi connectivity index (χ4n) is 0.569. The first-order valence-corrected chi connectivity index (χ1v) is 4.57. The maximum absolute atomic E-state index is 11.0. The van der Waals surface area contributed by atoms with E-state index in [9.17, 15) is 4.79 Å². The van der Waals surface area contributed by atoms with Crippen LogP contribution in [-0.4, -0.2) is 25.0 Å². The van der Waals surface area contributed by atoms with Gasteiger partial charge in [-0.1, -0.05) is 20.8 Å². The van der Waals surface area contributed by atoms with Crippen molar-refractivity contribution in [1.29, 1.82) is 0 Å². The molecule has 0 aliphatic rings. The molecule has 0 radical (unpaired) electrons. The third-order valence-electron chi connectivity index (χ3n) is 1.16. The molecule has 0 saturated heterocycles. The Bertz CT molecular complexity index is 142. The lowest BCUT2D eigenvalue weighted by Crippen LogP contribution is -2.40. The number of nitrogens with one attached hydrogen (secondary N) is 2. The molecule has 0 saturated carbocycles. The summed E-state index contributed by atoms with van der Waals surface area (Å²) >= 11 is 5.39. The first-order chi connectivity index (χ1) is 5.45. The molecule has 0 aliphatic carbocycles. The molecule has 0 heterocycles. The van der Waals surface area contributed by atoms with Gasteiger partial charge in [0.15, 0.2) is 0 Å². The summed E-state index contributed by atoms with van der Waals surface area (Å²) in [5, 5.41) is 5.37. The zero-order valence-corrected chi connectivity index (χ0v) is 8.66. The molecule has 0 rings (SSSR count). The van der Waals surface area contributed by atoms with Crippen molar-refractivity contribution in [3.63, 3.8) is 0 Å². The van der Waals surface area contributed by atoms with Gasteiger partial charge in [-0.05, 0) is 5.41 Å². The van der Waals surface area contributed by atoms with Gasteiger partial charge in [-0.25, -0.2) is 4.79 Å². The molecule has 0 unspecified atom stereocenters. The summed E-state index contributed by atoms with van der Waals surface area (Å²) in [5.74, 6) is 0.447. The summed E-state index contributed by atoms with van der Waals surface area (Å²) in [6, 6.07) is -0.148. The minimum Gasteiger partial charge on any atom is -0.338 e. The molecule has 72 valence electrons. The van der Waals surface area contributed by atoms with E-state index in [0.717, 1.165) is 0 Å². The first-order valence-electron chi connectivity index (χ1n) is 4.03. The molecule has 0 aromatic rings. The van der Waals surface area contributed by atoms with Crippen molar-refractivity contribution in [3.05, 3.63) is 0 Å². The maximum Gasteiger partial charge on any atom is 0.314 e. The number of urea groups is 1. The van der Waals surface area contributed by atoms with Crippen LogP contribution in [0.15, 0.2) is 0 Å². The molecule has 12 heavy (non-hydrogen) atoms. The smallest absolute Gasteiger partial charge is 0.314 e. The second-order valence-electron chi connectivity index (χ2n) is 3.86. The van der Waals surface area contributed by atoms with Gasteiger partial charge in [-0.2, -0.15) is 0 Å². The number of carbonyl (C=O) groups excluding carboxylic acids is 1. The number of alkyl halides is 1. The Kier molecular flexibility index (Phi) is 5.06. The Labute approximate surface area is 78.9 Å². The minimum absolute atomic E-state index is 0.123. The molecule has 0 fully saturated rings. The average molecular weight is 193 g/mol. The normalized spacial score (nSPS) is 11.0. The van der Waals surface area contributed by atoms with Crippen LogP contribution in [0.3, 0.4) is 0 Å². The highest BCUT2D eigenvalue weighted by Gasteiger charge is 2.10.